The molecule has 0 aliphatic rings. The van der Waals surface area contributed by atoms with Crippen molar-refractivity contribution >= 4 is 17.7 Å². The van der Waals surface area contributed by atoms with Gasteiger partial charge in [-0.1, -0.05) is 0 Å². The van der Waals surface area contributed by atoms with Crippen LogP contribution in [0.5, 0.6) is 0 Å². The second-order valence-corrected chi connectivity index (χ2v) is 4.86. The van der Waals surface area contributed by atoms with Crippen LogP contribution in [0.1, 0.15) is 19.8 Å². The van der Waals surface area contributed by atoms with E-state index in [1.165, 1.54) is 14.0 Å². The Morgan fingerprint density at radius 1 is 0.708 bits per heavy atom. The Morgan fingerprint density at radius 2 is 1.17 bits per heavy atom. The second kappa shape index (κ2) is 16.2. The molecule has 0 spiro atoms. The van der Waals surface area contributed by atoms with E-state index in [2.05, 4.69) is 16.0 Å². The first kappa shape index (κ1) is 22.3. The van der Waals surface area contributed by atoms with Crippen LogP contribution in [0.4, 0.5) is 0 Å². The molecule has 3 amide bonds. The molecule has 0 aromatic rings. The number of likely N-dealkylation sites (N-methyl/N-ethyl adjacent to an activating group) is 1. The maximum atomic E-state index is 11.1. The number of carbonyl (C=O) groups is 3. The van der Waals surface area contributed by atoms with Crippen molar-refractivity contribution in [2.45, 2.75) is 19.8 Å². The maximum Gasteiger partial charge on any atom is 0.309 e. The van der Waals surface area contributed by atoms with Gasteiger partial charge < -0.3 is 30.2 Å². The van der Waals surface area contributed by atoms with E-state index < -0.39 is 11.8 Å². The van der Waals surface area contributed by atoms with Crippen LogP contribution >= 0.6 is 0 Å². The molecule has 0 saturated heterocycles. The number of amides is 3. The highest BCUT2D eigenvalue weighted by atomic mass is 16.5. The van der Waals surface area contributed by atoms with E-state index in [1.807, 2.05) is 0 Å². The monoisotopic (exact) mass is 347 g/mol. The highest BCUT2D eigenvalue weighted by Crippen LogP contribution is 1.85. The normalized spacial score (nSPS) is 10.2. The Balaban J connectivity index is 3.14. The van der Waals surface area contributed by atoms with Crippen LogP contribution in [0.15, 0.2) is 0 Å². The van der Waals surface area contributed by atoms with E-state index in [-0.39, 0.29) is 5.91 Å². The lowest BCUT2D eigenvalue weighted by molar-refractivity contribution is -0.138. The van der Waals surface area contributed by atoms with Crippen molar-refractivity contribution in [1.29, 1.82) is 0 Å². The summed E-state index contributed by atoms with van der Waals surface area (Å²) in [5.41, 5.74) is 0. The molecule has 0 atom stereocenters. The van der Waals surface area contributed by atoms with Crippen LogP contribution in [0.2, 0.25) is 0 Å². The van der Waals surface area contributed by atoms with Gasteiger partial charge in [-0.15, -0.1) is 0 Å². The largest absolute Gasteiger partial charge is 0.379 e. The topological polar surface area (TPSA) is 115 Å². The summed E-state index contributed by atoms with van der Waals surface area (Å²) in [6, 6.07) is 0. The predicted octanol–water partition coefficient (Wildman–Crippen LogP) is -1.19. The first-order valence-corrected chi connectivity index (χ1v) is 8.05. The SMILES string of the molecule is CNC(=O)C(=O)NCCCOCCOCCOCCCNC(C)=O. The van der Waals surface area contributed by atoms with E-state index in [1.54, 1.807) is 0 Å². The summed E-state index contributed by atoms with van der Waals surface area (Å²) in [5, 5.41) is 7.41. The average Bonchev–Trinajstić information content (AvgIpc) is 2.57. The molecule has 0 saturated carbocycles. The Labute approximate surface area is 142 Å². The number of nitrogens with one attached hydrogen (secondary N) is 3. The van der Waals surface area contributed by atoms with Gasteiger partial charge in [-0.2, -0.15) is 0 Å². The second-order valence-electron chi connectivity index (χ2n) is 4.86. The molecule has 0 aromatic carbocycles. The van der Waals surface area contributed by atoms with Crippen molar-refractivity contribution in [3.05, 3.63) is 0 Å². The average molecular weight is 347 g/mol. The molecule has 0 aliphatic heterocycles. The first-order chi connectivity index (χ1) is 11.6. The molecule has 0 aromatic heterocycles. The molecule has 9 heteroatoms. The van der Waals surface area contributed by atoms with E-state index in [0.29, 0.717) is 59.2 Å². The van der Waals surface area contributed by atoms with Gasteiger partial charge in [-0.25, -0.2) is 0 Å². The molecule has 0 radical (unpaired) electrons. The zero-order valence-corrected chi connectivity index (χ0v) is 14.5. The fourth-order valence-corrected chi connectivity index (χ4v) is 1.55. The molecular formula is C15H29N3O6. The highest BCUT2D eigenvalue weighted by molar-refractivity contribution is 6.34. The van der Waals surface area contributed by atoms with Crippen molar-refractivity contribution in [2.24, 2.45) is 0 Å². The Morgan fingerprint density at radius 3 is 1.62 bits per heavy atom. The summed E-state index contributed by atoms with van der Waals surface area (Å²) in [5.74, 6) is -1.33. The standard InChI is InChI=1S/C15H29N3O6/c1-13(19)17-5-3-7-22-9-11-24-12-10-23-8-4-6-18-15(21)14(20)16-2/h3-12H2,1-2H3,(H,16,20)(H,17,19)(H,18,21). The van der Waals surface area contributed by atoms with Crippen LogP contribution in [-0.2, 0) is 28.6 Å². The summed E-state index contributed by atoms with van der Waals surface area (Å²) < 4.78 is 16.0. The molecule has 9 nitrogen and oxygen atoms in total. The predicted molar refractivity (Wildman–Crippen MR) is 87.5 cm³/mol. The van der Waals surface area contributed by atoms with E-state index in [9.17, 15) is 14.4 Å². The minimum absolute atomic E-state index is 0.0350. The number of rotatable bonds is 14. The van der Waals surface area contributed by atoms with Crippen molar-refractivity contribution in [1.82, 2.24) is 16.0 Å². The van der Waals surface area contributed by atoms with E-state index in [0.717, 1.165) is 6.42 Å². The van der Waals surface area contributed by atoms with Gasteiger partial charge in [-0.05, 0) is 12.8 Å². The van der Waals surface area contributed by atoms with Gasteiger partial charge in [0.2, 0.25) is 5.91 Å². The van der Waals surface area contributed by atoms with E-state index >= 15 is 0 Å². The highest BCUT2D eigenvalue weighted by Gasteiger charge is 2.08. The molecule has 0 fully saturated rings. The third kappa shape index (κ3) is 15.2. The minimum Gasteiger partial charge on any atom is -0.379 e. The fourth-order valence-electron chi connectivity index (χ4n) is 1.55. The van der Waals surface area contributed by atoms with Crippen molar-refractivity contribution in [3.63, 3.8) is 0 Å². The van der Waals surface area contributed by atoms with Gasteiger partial charge in [0, 0.05) is 40.3 Å². The summed E-state index contributed by atoms with van der Waals surface area (Å²) >= 11 is 0. The molecule has 0 bridgehead atoms. The van der Waals surface area contributed by atoms with Crippen LogP contribution in [0, 0.1) is 0 Å². The molecule has 0 heterocycles. The smallest absolute Gasteiger partial charge is 0.309 e. The quantitative estimate of drug-likeness (QED) is 0.269. The van der Waals surface area contributed by atoms with Gasteiger partial charge in [0.1, 0.15) is 0 Å². The minimum atomic E-state index is -0.651. The van der Waals surface area contributed by atoms with Gasteiger partial charge in [0.15, 0.2) is 0 Å². The maximum absolute atomic E-state index is 11.1. The summed E-state index contributed by atoms with van der Waals surface area (Å²) in [7, 11) is 1.40. The van der Waals surface area contributed by atoms with Crippen LogP contribution in [0.3, 0.4) is 0 Å². The zero-order valence-electron chi connectivity index (χ0n) is 14.5. The summed E-state index contributed by atoms with van der Waals surface area (Å²) in [6.07, 6.45) is 1.40. The number of ether oxygens (including phenoxy) is 3. The molecule has 0 unspecified atom stereocenters. The fraction of sp³-hybridized carbons (Fsp3) is 0.800. The van der Waals surface area contributed by atoms with Crippen molar-refractivity contribution in [3.8, 4) is 0 Å². The van der Waals surface area contributed by atoms with Crippen LogP contribution in [0.25, 0.3) is 0 Å². The number of carbonyl (C=O) groups excluding carboxylic acids is 3. The lowest BCUT2D eigenvalue weighted by Crippen LogP contribution is -2.38. The zero-order chi connectivity index (χ0) is 18.0. The van der Waals surface area contributed by atoms with Gasteiger partial charge in [0.25, 0.3) is 0 Å². The molecule has 0 aliphatic carbocycles. The lowest BCUT2D eigenvalue weighted by atomic mass is 10.4. The van der Waals surface area contributed by atoms with Crippen molar-refractivity contribution < 1.29 is 28.6 Å². The van der Waals surface area contributed by atoms with Crippen LogP contribution in [-0.4, -0.2) is 77.5 Å². The number of hydrogen-bond acceptors (Lipinski definition) is 6. The molecule has 24 heavy (non-hydrogen) atoms. The Hall–Kier alpha value is -1.71. The number of hydrogen-bond donors (Lipinski definition) is 3. The van der Waals surface area contributed by atoms with E-state index in [4.69, 9.17) is 14.2 Å². The van der Waals surface area contributed by atoms with Gasteiger partial charge in [0.05, 0.1) is 26.4 Å². The Kier molecular flexibility index (Phi) is 15.0. The molecule has 0 rings (SSSR count). The van der Waals surface area contributed by atoms with Crippen molar-refractivity contribution in [2.75, 3.05) is 59.8 Å². The third-order valence-electron chi connectivity index (χ3n) is 2.77. The van der Waals surface area contributed by atoms with Crippen LogP contribution < -0.4 is 16.0 Å². The van der Waals surface area contributed by atoms with Gasteiger partial charge in [-0.3, -0.25) is 14.4 Å². The molecule has 3 N–H and O–H groups in total. The third-order valence-corrected chi connectivity index (χ3v) is 2.77. The summed E-state index contributed by atoms with van der Waals surface area (Å²) in [6.45, 7) is 5.49. The van der Waals surface area contributed by atoms with Gasteiger partial charge >= 0.3 is 11.8 Å². The Bertz CT molecular complexity index is 365. The first-order valence-electron chi connectivity index (χ1n) is 8.05. The molecule has 140 valence electrons. The molecular weight excluding hydrogens is 318 g/mol. The lowest BCUT2D eigenvalue weighted by Gasteiger charge is -2.07. The summed E-state index contributed by atoms with van der Waals surface area (Å²) in [4.78, 5) is 32.6.